The van der Waals surface area contributed by atoms with Crippen LogP contribution in [0.3, 0.4) is 0 Å². The molecule has 2 aliphatic rings. The molecular weight excluding hydrogens is 286 g/mol. The van der Waals surface area contributed by atoms with E-state index in [4.69, 9.17) is 4.74 Å². The zero-order valence-corrected chi connectivity index (χ0v) is 14.3. The van der Waals surface area contributed by atoms with Crippen molar-refractivity contribution in [1.82, 2.24) is 4.90 Å². The molecular formula is C20H27NO2. The molecule has 2 aliphatic heterocycles. The molecule has 3 rings (SSSR count). The van der Waals surface area contributed by atoms with Gasteiger partial charge < -0.3 is 14.7 Å². The molecule has 1 aromatic rings. The molecule has 1 atom stereocenters. The van der Waals surface area contributed by atoms with Gasteiger partial charge in [0.1, 0.15) is 11.5 Å². The molecule has 0 aliphatic carbocycles. The number of hydrogen-bond acceptors (Lipinski definition) is 3. The van der Waals surface area contributed by atoms with Crippen molar-refractivity contribution in [1.29, 1.82) is 0 Å². The second kappa shape index (κ2) is 6.69. The maximum Gasteiger partial charge on any atom is 0.189 e. The van der Waals surface area contributed by atoms with Crippen molar-refractivity contribution >= 4 is 0 Å². The van der Waals surface area contributed by atoms with Gasteiger partial charge in [-0.1, -0.05) is 37.8 Å². The highest BCUT2D eigenvalue weighted by molar-refractivity contribution is 5.53. The van der Waals surface area contributed by atoms with E-state index < -0.39 is 0 Å². The number of aryl methyl sites for hydroxylation is 1. The molecule has 0 saturated heterocycles. The first kappa shape index (κ1) is 16.0. The Kier molecular flexibility index (Phi) is 4.65. The number of rotatable bonds is 5. The first-order valence-electron chi connectivity index (χ1n) is 8.76. The van der Waals surface area contributed by atoms with Crippen LogP contribution in [0.1, 0.15) is 63.1 Å². The lowest BCUT2D eigenvalue weighted by molar-refractivity contribution is 0.151. The lowest BCUT2D eigenvalue weighted by Gasteiger charge is -2.41. The van der Waals surface area contributed by atoms with Crippen molar-refractivity contribution in [3.63, 3.8) is 0 Å². The predicted molar refractivity (Wildman–Crippen MR) is 93.5 cm³/mol. The van der Waals surface area contributed by atoms with Crippen LogP contribution in [0.2, 0.25) is 0 Å². The number of ether oxygens (including phenoxy) is 1. The van der Waals surface area contributed by atoms with Gasteiger partial charge in [0, 0.05) is 6.54 Å². The minimum atomic E-state index is 0.0501. The molecule has 0 saturated carbocycles. The van der Waals surface area contributed by atoms with E-state index >= 15 is 0 Å². The summed E-state index contributed by atoms with van der Waals surface area (Å²) in [6.07, 6.45) is 9.12. The summed E-state index contributed by atoms with van der Waals surface area (Å²) in [5.74, 6) is 1.81. The largest absolute Gasteiger partial charge is 0.507 e. The summed E-state index contributed by atoms with van der Waals surface area (Å²) < 4.78 is 5.93. The summed E-state index contributed by atoms with van der Waals surface area (Å²) in [6, 6.07) is 4.05. The van der Waals surface area contributed by atoms with Gasteiger partial charge in [-0.25, -0.2) is 0 Å². The van der Waals surface area contributed by atoms with E-state index in [1.54, 1.807) is 0 Å². The van der Waals surface area contributed by atoms with Gasteiger partial charge in [-0.05, 0) is 50.5 Å². The van der Waals surface area contributed by atoms with E-state index in [-0.39, 0.29) is 6.04 Å². The molecule has 0 radical (unpaired) electrons. The minimum Gasteiger partial charge on any atom is -0.507 e. The van der Waals surface area contributed by atoms with Gasteiger partial charge in [0.2, 0.25) is 0 Å². The fourth-order valence-electron chi connectivity index (χ4n) is 3.53. The zero-order chi connectivity index (χ0) is 16.4. The highest BCUT2D eigenvalue weighted by atomic mass is 16.5. The summed E-state index contributed by atoms with van der Waals surface area (Å²) in [5.41, 5.74) is 3.39. The monoisotopic (exact) mass is 313 g/mol. The molecule has 124 valence electrons. The smallest absolute Gasteiger partial charge is 0.189 e. The number of benzene rings is 1. The van der Waals surface area contributed by atoms with Crippen molar-refractivity contribution in [2.24, 2.45) is 0 Å². The van der Waals surface area contributed by atoms with Crippen LogP contribution >= 0.6 is 0 Å². The summed E-state index contributed by atoms with van der Waals surface area (Å²) in [5, 5.41) is 10.6. The fourth-order valence-corrected chi connectivity index (χ4v) is 3.53. The first-order valence-corrected chi connectivity index (χ1v) is 8.76. The Morgan fingerprint density at radius 2 is 2.13 bits per heavy atom. The molecule has 2 heterocycles. The number of hydrogen-bond donors (Lipinski definition) is 1. The highest BCUT2D eigenvalue weighted by Crippen LogP contribution is 2.46. The lowest BCUT2D eigenvalue weighted by atomic mass is 9.93. The number of aromatic hydroxyl groups is 1. The minimum absolute atomic E-state index is 0.0501. The molecule has 0 fully saturated rings. The van der Waals surface area contributed by atoms with Crippen molar-refractivity contribution in [2.75, 3.05) is 6.54 Å². The Hall–Kier alpha value is -1.90. The number of phenols is 1. The van der Waals surface area contributed by atoms with Crippen LogP contribution < -0.4 is 4.74 Å². The fraction of sp³-hybridized carbons (Fsp3) is 0.500. The molecule has 23 heavy (non-hydrogen) atoms. The van der Waals surface area contributed by atoms with Gasteiger partial charge in [-0.2, -0.15) is 0 Å². The van der Waals surface area contributed by atoms with Crippen LogP contribution in [-0.4, -0.2) is 16.6 Å². The predicted octanol–water partition coefficient (Wildman–Crippen LogP) is 5.07. The normalized spacial score (nSPS) is 19.7. The maximum atomic E-state index is 10.6. The number of nitrogens with zero attached hydrogens (tertiary/aromatic N) is 1. The zero-order valence-electron chi connectivity index (χ0n) is 14.3. The molecule has 0 spiro atoms. The van der Waals surface area contributed by atoms with Gasteiger partial charge in [0.15, 0.2) is 5.88 Å². The number of phenolic OH excluding ortho intramolecular Hbond substituents is 1. The quantitative estimate of drug-likeness (QED) is 0.608. The van der Waals surface area contributed by atoms with Crippen LogP contribution in [0.25, 0.3) is 0 Å². The highest BCUT2D eigenvalue weighted by Gasteiger charge is 2.34. The van der Waals surface area contributed by atoms with Crippen LogP contribution in [0.4, 0.5) is 0 Å². The van der Waals surface area contributed by atoms with Gasteiger partial charge in [0.05, 0.1) is 11.6 Å². The molecule has 0 amide bonds. The van der Waals surface area contributed by atoms with Crippen molar-refractivity contribution < 1.29 is 9.84 Å². The summed E-state index contributed by atoms with van der Waals surface area (Å²) in [6.45, 7) is 9.32. The SMILES string of the molecule is C=C1Oc2cc(CCCCCC)cc(O)c2C2C=C(C)CCN12. The molecule has 1 N–H and O–H groups in total. The van der Waals surface area contributed by atoms with Gasteiger partial charge in [0.25, 0.3) is 0 Å². The summed E-state index contributed by atoms with van der Waals surface area (Å²) >= 11 is 0. The third-order valence-corrected chi connectivity index (χ3v) is 4.87. The van der Waals surface area contributed by atoms with Crippen LogP contribution in [-0.2, 0) is 6.42 Å². The second-order valence-corrected chi connectivity index (χ2v) is 6.73. The molecule has 3 nitrogen and oxygen atoms in total. The average Bonchev–Trinajstić information content (AvgIpc) is 2.51. The van der Waals surface area contributed by atoms with Crippen LogP contribution in [0.15, 0.2) is 36.2 Å². The Bertz CT molecular complexity index is 633. The molecule has 0 bridgehead atoms. The molecule has 1 unspecified atom stereocenters. The third-order valence-electron chi connectivity index (χ3n) is 4.87. The van der Waals surface area contributed by atoms with E-state index in [0.29, 0.717) is 11.6 Å². The number of fused-ring (bicyclic) bond motifs is 3. The standard InChI is InChI=1S/C20H27NO2/c1-4-5-6-7-8-16-12-18(22)20-17-11-14(2)9-10-21(17)15(3)23-19(20)13-16/h11-13,17,22H,3-10H2,1-2H3. The average molecular weight is 313 g/mol. The Morgan fingerprint density at radius 3 is 2.91 bits per heavy atom. The van der Waals surface area contributed by atoms with Crippen molar-refractivity contribution in [3.8, 4) is 11.5 Å². The van der Waals surface area contributed by atoms with E-state index in [1.165, 1.54) is 24.8 Å². The second-order valence-electron chi connectivity index (χ2n) is 6.73. The van der Waals surface area contributed by atoms with Crippen LogP contribution in [0, 0.1) is 0 Å². The summed E-state index contributed by atoms with van der Waals surface area (Å²) in [4.78, 5) is 2.13. The topological polar surface area (TPSA) is 32.7 Å². The lowest BCUT2D eigenvalue weighted by Crippen LogP contribution is -2.36. The van der Waals surface area contributed by atoms with Crippen molar-refractivity contribution in [3.05, 3.63) is 47.4 Å². The van der Waals surface area contributed by atoms with Gasteiger partial charge >= 0.3 is 0 Å². The third kappa shape index (κ3) is 3.24. The number of unbranched alkanes of at least 4 members (excludes halogenated alkanes) is 3. The molecule has 3 heteroatoms. The molecule has 0 aromatic heterocycles. The van der Waals surface area contributed by atoms with Gasteiger partial charge in [-0.3, -0.25) is 0 Å². The van der Waals surface area contributed by atoms with Crippen molar-refractivity contribution in [2.45, 2.75) is 58.4 Å². The Morgan fingerprint density at radius 1 is 1.30 bits per heavy atom. The summed E-state index contributed by atoms with van der Waals surface area (Å²) in [7, 11) is 0. The van der Waals surface area contributed by atoms with Crippen LogP contribution in [0.5, 0.6) is 11.5 Å². The van der Waals surface area contributed by atoms with Gasteiger partial charge in [-0.15, -0.1) is 0 Å². The first-order chi connectivity index (χ1) is 11.1. The van der Waals surface area contributed by atoms with E-state index in [2.05, 4.69) is 37.5 Å². The maximum absolute atomic E-state index is 10.6. The van der Waals surface area contributed by atoms with E-state index in [9.17, 15) is 5.11 Å². The van der Waals surface area contributed by atoms with E-state index in [0.717, 1.165) is 42.7 Å². The Labute approximate surface area is 139 Å². The Balaban J connectivity index is 1.87. The van der Waals surface area contributed by atoms with E-state index in [1.807, 2.05) is 6.07 Å². The molecule has 1 aromatic carbocycles.